The van der Waals surface area contributed by atoms with Crippen molar-refractivity contribution >= 4 is 22.8 Å². The molecule has 25 heavy (non-hydrogen) atoms. The molecular formula is C19H17FN2O3. The van der Waals surface area contributed by atoms with Crippen molar-refractivity contribution in [3.8, 4) is 0 Å². The first-order chi connectivity index (χ1) is 12.0. The van der Waals surface area contributed by atoms with E-state index >= 15 is 0 Å². The van der Waals surface area contributed by atoms with Crippen LogP contribution in [-0.2, 0) is 16.1 Å². The number of benzene rings is 2. The molecule has 0 aliphatic heterocycles. The van der Waals surface area contributed by atoms with Gasteiger partial charge < -0.3 is 15.0 Å². The van der Waals surface area contributed by atoms with Crippen LogP contribution in [0, 0.1) is 5.82 Å². The number of rotatable bonds is 6. The van der Waals surface area contributed by atoms with Gasteiger partial charge in [0.25, 0.3) is 0 Å². The molecule has 0 spiro atoms. The molecule has 2 aromatic carbocycles. The van der Waals surface area contributed by atoms with Crippen molar-refractivity contribution in [2.45, 2.75) is 19.0 Å². The molecule has 0 saturated carbocycles. The lowest BCUT2D eigenvalue weighted by Crippen LogP contribution is -2.34. The van der Waals surface area contributed by atoms with E-state index in [-0.39, 0.29) is 18.1 Å². The summed E-state index contributed by atoms with van der Waals surface area (Å²) in [6.45, 7) is 0.333. The highest BCUT2D eigenvalue weighted by atomic mass is 19.1. The molecule has 128 valence electrons. The molecule has 1 unspecified atom stereocenters. The topological polar surface area (TPSA) is 71.3 Å². The van der Waals surface area contributed by atoms with Gasteiger partial charge in [-0.1, -0.05) is 30.3 Å². The van der Waals surface area contributed by atoms with E-state index < -0.39 is 12.0 Å². The van der Waals surface area contributed by atoms with Gasteiger partial charge in [0.1, 0.15) is 5.82 Å². The van der Waals surface area contributed by atoms with Crippen LogP contribution in [0.3, 0.4) is 0 Å². The minimum absolute atomic E-state index is 0.0942. The summed E-state index contributed by atoms with van der Waals surface area (Å²) in [7, 11) is 0. The largest absolute Gasteiger partial charge is 0.479 e. The average molecular weight is 340 g/mol. The number of aryl methyl sites for hydroxylation is 1. The Morgan fingerprint density at radius 3 is 2.60 bits per heavy atom. The van der Waals surface area contributed by atoms with E-state index in [0.29, 0.717) is 17.6 Å². The number of nitrogens with zero attached hydrogens (tertiary/aromatic N) is 1. The van der Waals surface area contributed by atoms with Gasteiger partial charge in [-0.3, -0.25) is 4.79 Å². The van der Waals surface area contributed by atoms with Crippen LogP contribution in [0.5, 0.6) is 0 Å². The van der Waals surface area contributed by atoms with Crippen LogP contribution in [0.2, 0.25) is 0 Å². The number of carboxylic acids is 1. The summed E-state index contributed by atoms with van der Waals surface area (Å²) in [5.41, 5.74) is 1.21. The van der Waals surface area contributed by atoms with Gasteiger partial charge in [-0.2, -0.15) is 0 Å². The number of aromatic nitrogens is 1. The van der Waals surface area contributed by atoms with Gasteiger partial charge >= 0.3 is 5.97 Å². The van der Waals surface area contributed by atoms with Gasteiger partial charge in [0, 0.05) is 19.2 Å². The molecule has 0 aliphatic rings. The number of nitrogens with one attached hydrogen (secondary N) is 1. The zero-order valence-corrected chi connectivity index (χ0v) is 13.4. The van der Waals surface area contributed by atoms with Crippen molar-refractivity contribution in [1.82, 2.24) is 9.88 Å². The number of halogens is 1. The predicted molar refractivity (Wildman–Crippen MR) is 91.5 cm³/mol. The van der Waals surface area contributed by atoms with Gasteiger partial charge in [-0.15, -0.1) is 0 Å². The van der Waals surface area contributed by atoms with E-state index in [1.807, 2.05) is 6.07 Å². The highest BCUT2D eigenvalue weighted by molar-refractivity contribution is 5.85. The lowest BCUT2D eigenvalue weighted by atomic mass is 10.1. The van der Waals surface area contributed by atoms with Crippen LogP contribution in [0.15, 0.2) is 60.8 Å². The minimum Gasteiger partial charge on any atom is -0.479 e. The Balaban J connectivity index is 1.67. The zero-order valence-electron chi connectivity index (χ0n) is 13.4. The molecule has 3 rings (SSSR count). The number of aliphatic carboxylic acids is 1. The molecule has 6 heteroatoms. The first-order valence-electron chi connectivity index (χ1n) is 7.86. The van der Waals surface area contributed by atoms with E-state index in [0.717, 1.165) is 5.39 Å². The lowest BCUT2D eigenvalue weighted by Gasteiger charge is -2.15. The second kappa shape index (κ2) is 7.17. The number of amides is 1. The van der Waals surface area contributed by atoms with E-state index in [9.17, 15) is 19.1 Å². The summed E-state index contributed by atoms with van der Waals surface area (Å²) >= 11 is 0. The first-order valence-corrected chi connectivity index (χ1v) is 7.86. The van der Waals surface area contributed by atoms with E-state index in [1.54, 1.807) is 47.2 Å². The van der Waals surface area contributed by atoms with Gasteiger partial charge in [0.05, 0.1) is 5.52 Å². The molecule has 3 aromatic rings. The lowest BCUT2D eigenvalue weighted by molar-refractivity contribution is -0.142. The molecule has 0 aliphatic carbocycles. The highest BCUT2D eigenvalue weighted by Gasteiger charge is 2.21. The maximum absolute atomic E-state index is 13.4. The molecule has 1 atom stereocenters. The fraction of sp³-hybridized carbons (Fsp3) is 0.158. The molecule has 1 heterocycles. The van der Waals surface area contributed by atoms with E-state index in [2.05, 4.69) is 5.32 Å². The molecule has 5 nitrogen and oxygen atoms in total. The summed E-state index contributed by atoms with van der Waals surface area (Å²) in [6.07, 6.45) is 1.88. The van der Waals surface area contributed by atoms with Gasteiger partial charge in [0.15, 0.2) is 6.04 Å². The number of carbonyl (C=O) groups excluding carboxylic acids is 1. The Labute approximate surface area is 143 Å². The summed E-state index contributed by atoms with van der Waals surface area (Å²) in [5, 5.41) is 12.8. The highest BCUT2D eigenvalue weighted by Crippen LogP contribution is 2.18. The van der Waals surface area contributed by atoms with Gasteiger partial charge in [-0.05, 0) is 35.2 Å². The Hall–Kier alpha value is -3.15. The maximum atomic E-state index is 13.4. The summed E-state index contributed by atoms with van der Waals surface area (Å²) in [6, 6.07) is 13.8. The number of hydrogen-bond donors (Lipinski definition) is 2. The second-order valence-corrected chi connectivity index (χ2v) is 5.71. The van der Waals surface area contributed by atoms with E-state index in [1.165, 1.54) is 12.1 Å². The zero-order chi connectivity index (χ0) is 17.8. The Morgan fingerprint density at radius 2 is 1.88 bits per heavy atom. The molecule has 2 N–H and O–H groups in total. The molecule has 0 saturated heterocycles. The van der Waals surface area contributed by atoms with Crippen molar-refractivity contribution < 1.29 is 19.1 Å². The van der Waals surface area contributed by atoms with Crippen molar-refractivity contribution in [3.63, 3.8) is 0 Å². The molecule has 1 aromatic heterocycles. The van der Waals surface area contributed by atoms with Crippen LogP contribution in [-0.4, -0.2) is 21.6 Å². The van der Waals surface area contributed by atoms with Crippen molar-refractivity contribution in [1.29, 1.82) is 0 Å². The van der Waals surface area contributed by atoms with Crippen LogP contribution in [0.1, 0.15) is 18.0 Å². The second-order valence-electron chi connectivity index (χ2n) is 5.71. The van der Waals surface area contributed by atoms with Crippen molar-refractivity contribution in [2.24, 2.45) is 0 Å². The predicted octanol–water partition coefficient (Wildman–Crippen LogP) is 3.11. The Kier molecular flexibility index (Phi) is 4.79. The molecule has 1 amide bonds. The summed E-state index contributed by atoms with van der Waals surface area (Å²) in [5.74, 6) is -1.84. The SMILES string of the molecule is O=C(CCn1ccc2ccc(F)cc21)NC(C(=O)O)c1ccccc1. The monoisotopic (exact) mass is 340 g/mol. The van der Waals surface area contributed by atoms with Crippen molar-refractivity contribution in [2.75, 3.05) is 0 Å². The molecule has 0 radical (unpaired) electrons. The third kappa shape index (κ3) is 3.85. The molecule has 0 bridgehead atoms. The van der Waals surface area contributed by atoms with Crippen LogP contribution < -0.4 is 5.32 Å². The Morgan fingerprint density at radius 1 is 1.12 bits per heavy atom. The smallest absolute Gasteiger partial charge is 0.330 e. The van der Waals surface area contributed by atoms with Crippen molar-refractivity contribution in [3.05, 3.63) is 72.2 Å². The summed E-state index contributed by atoms with van der Waals surface area (Å²) < 4.78 is 15.2. The van der Waals surface area contributed by atoms with Gasteiger partial charge in [0.2, 0.25) is 5.91 Å². The van der Waals surface area contributed by atoms with E-state index in [4.69, 9.17) is 0 Å². The third-order valence-corrected chi connectivity index (χ3v) is 4.00. The Bertz CT molecular complexity index is 905. The number of hydrogen-bond acceptors (Lipinski definition) is 2. The quantitative estimate of drug-likeness (QED) is 0.724. The summed E-state index contributed by atoms with van der Waals surface area (Å²) in [4.78, 5) is 23.6. The minimum atomic E-state index is -1.12. The van der Waals surface area contributed by atoms with Crippen LogP contribution in [0.4, 0.5) is 4.39 Å². The first kappa shape index (κ1) is 16.7. The average Bonchev–Trinajstić information content (AvgIpc) is 3.00. The van der Waals surface area contributed by atoms with Crippen LogP contribution >= 0.6 is 0 Å². The van der Waals surface area contributed by atoms with Gasteiger partial charge in [-0.25, -0.2) is 9.18 Å². The maximum Gasteiger partial charge on any atom is 0.330 e. The fourth-order valence-electron chi connectivity index (χ4n) is 2.74. The fourth-order valence-corrected chi connectivity index (χ4v) is 2.74. The third-order valence-electron chi connectivity index (χ3n) is 4.00. The molecular weight excluding hydrogens is 323 g/mol. The standard InChI is InChI=1S/C19H17FN2O3/c20-15-7-6-13-8-10-22(16(13)12-15)11-9-17(23)21-18(19(24)25)14-4-2-1-3-5-14/h1-8,10,12,18H,9,11H2,(H,21,23)(H,24,25). The normalized spacial score (nSPS) is 12.0. The molecule has 0 fully saturated rings. The number of fused-ring (bicyclic) bond motifs is 1. The van der Waals surface area contributed by atoms with Crippen LogP contribution in [0.25, 0.3) is 10.9 Å². The number of carbonyl (C=O) groups is 2. The number of carboxylic acid groups (broad SMARTS) is 1.